The Hall–Kier alpha value is -2.69. The number of halogens is 1. The van der Waals surface area contributed by atoms with Crippen molar-refractivity contribution in [2.45, 2.75) is 18.1 Å². The molecule has 140 valence electrons. The molecule has 0 aliphatic carbocycles. The van der Waals surface area contributed by atoms with Crippen LogP contribution in [-0.2, 0) is 4.79 Å². The summed E-state index contributed by atoms with van der Waals surface area (Å²) in [4.78, 5) is 17.9. The fraction of sp³-hybridized carbons (Fsp3) is 0.333. The van der Waals surface area contributed by atoms with E-state index in [-0.39, 0.29) is 36.4 Å². The maximum atomic E-state index is 11.5. The van der Waals surface area contributed by atoms with Crippen LogP contribution in [0.25, 0.3) is 0 Å². The summed E-state index contributed by atoms with van der Waals surface area (Å²) in [5, 5.41) is 35.2. The molecule has 0 radical (unpaired) electrons. The van der Waals surface area contributed by atoms with Crippen molar-refractivity contribution in [3.05, 3.63) is 24.3 Å². The molecule has 1 aliphatic rings. The molecule has 0 spiro atoms. The van der Waals surface area contributed by atoms with Gasteiger partial charge in [-0.1, -0.05) is 11.6 Å². The van der Waals surface area contributed by atoms with Gasteiger partial charge in [-0.2, -0.15) is 0 Å². The number of phenols is 1. The molecule has 11 heteroatoms. The van der Waals surface area contributed by atoms with Gasteiger partial charge in [0.2, 0.25) is 5.96 Å². The molecule has 10 nitrogen and oxygen atoms in total. The number of carbonyl (C=O) groups is 1. The number of benzene rings is 1. The predicted molar refractivity (Wildman–Crippen MR) is 98.7 cm³/mol. The van der Waals surface area contributed by atoms with E-state index in [1.54, 1.807) is 12.1 Å². The molecular weight excluding hydrogens is 362 g/mol. The number of nitrogens with two attached hydrogens (primary N) is 2. The molecule has 1 heterocycles. The van der Waals surface area contributed by atoms with Gasteiger partial charge in [-0.3, -0.25) is 25.5 Å². The van der Waals surface area contributed by atoms with E-state index in [0.717, 1.165) is 4.90 Å². The van der Waals surface area contributed by atoms with Crippen molar-refractivity contribution < 1.29 is 15.0 Å². The molecule has 2 rings (SSSR count). The number of hydrogen-bond donors (Lipinski definition) is 6. The Labute approximate surface area is 154 Å². The first-order valence-electron chi connectivity index (χ1n) is 7.68. The molecular formula is C15H20ClN7O3. The van der Waals surface area contributed by atoms with Crippen LogP contribution in [0.5, 0.6) is 5.75 Å². The maximum absolute atomic E-state index is 11.5. The van der Waals surface area contributed by atoms with Crippen molar-refractivity contribution >= 4 is 40.7 Å². The van der Waals surface area contributed by atoms with E-state index in [9.17, 15) is 9.90 Å². The van der Waals surface area contributed by atoms with E-state index < -0.39 is 17.6 Å². The van der Waals surface area contributed by atoms with Crippen LogP contribution < -0.4 is 16.4 Å². The lowest BCUT2D eigenvalue weighted by Crippen LogP contribution is -2.64. The second-order valence-electron chi connectivity index (χ2n) is 5.48. The number of nitrogens with zero attached hydrogens (tertiary/aromatic N) is 3. The van der Waals surface area contributed by atoms with Crippen LogP contribution in [0.4, 0.5) is 5.69 Å². The Bertz CT molecular complexity index is 737. The standard InChI is InChI=1S/C15H20ClN7O3/c16-11-13(18)23(12(17)10(21-11)14(19)26)15(20)22(6-1-7-24)8-2-4-9(25)5-3-8/h2-5,11-12,18,20,24-25H,1,6-7,17H2,(H2,19,26). The zero-order valence-electron chi connectivity index (χ0n) is 13.8. The number of carbonyl (C=O) groups excluding carboxylic acids is 1. The number of aliphatic hydroxyl groups excluding tert-OH is 1. The highest BCUT2D eigenvalue weighted by atomic mass is 35.5. The van der Waals surface area contributed by atoms with Crippen LogP contribution in [0.15, 0.2) is 29.3 Å². The number of aliphatic hydroxyl groups is 1. The second-order valence-corrected chi connectivity index (χ2v) is 5.90. The van der Waals surface area contributed by atoms with Crippen LogP contribution in [0.1, 0.15) is 6.42 Å². The lowest BCUT2D eigenvalue weighted by molar-refractivity contribution is -0.112. The van der Waals surface area contributed by atoms with Gasteiger partial charge < -0.3 is 26.6 Å². The summed E-state index contributed by atoms with van der Waals surface area (Å²) in [7, 11) is 0. The molecule has 1 aromatic carbocycles. The highest BCUT2D eigenvalue weighted by molar-refractivity contribution is 6.45. The molecule has 1 amide bonds. The lowest BCUT2D eigenvalue weighted by Gasteiger charge is -2.39. The minimum absolute atomic E-state index is 0.0498. The number of aromatic hydroxyl groups is 1. The molecule has 1 aromatic rings. The first-order chi connectivity index (χ1) is 12.3. The van der Waals surface area contributed by atoms with Gasteiger partial charge in [0.15, 0.2) is 5.50 Å². The van der Waals surface area contributed by atoms with Gasteiger partial charge in [-0.15, -0.1) is 0 Å². The number of primary amides is 1. The number of phenolic OH excluding ortho intramolecular Hbond substituents is 1. The highest BCUT2D eigenvalue weighted by Gasteiger charge is 2.38. The molecule has 0 bridgehead atoms. The number of nitrogens with one attached hydrogen (secondary N) is 2. The van der Waals surface area contributed by atoms with Crippen LogP contribution in [0.2, 0.25) is 0 Å². The van der Waals surface area contributed by atoms with Crippen molar-refractivity contribution in [1.82, 2.24) is 4.90 Å². The van der Waals surface area contributed by atoms with E-state index >= 15 is 0 Å². The third-order valence-corrected chi connectivity index (χ3v) is 4.04. The summed E-state index contributed by atoms with van der Waals surface area (Å²) < 4.78 is 0. The van der Waals surface area contributed by atoms with E-state index in [1.807, 2.05) is 0 Å². The van der Waals surface area contributed by atoms with Crippen molar-refractivity contribution in [3.63, 3.8) is 0 Å². The van der Waals surface area contributed by atoms with Gasteiger partial charge in [0.25, 0.3) is 5.91 Å². The Morgan fingerprint density at radius 1 is 1.38 bits per heavy atom. The SMILES string of the molecule is N=C1C(Cl)N=C(C(N)=O)C(N)N1C(=N)N(CCCO)c1ccc(O)cc1. The molecule has 8 N–H and O–H groups in total. The summed E-state index contributed by atoms with van der Waals surface area (Å²) >= 11 is 5.98. The van der Waals surface area contributed by atoms with Crippen LogP contribution in [0, 0.1) is 10.8 Å². The third-order valence-electron chi connectivity index (χ3n) is 3.73. The van der Waals surface area contributed by atoms with Crippen molar-refractivity contribution in [2.75, 3.05) is 18.1 Å². The highest BCUT2D eigenvalue weighted by Crippen LogP contribution is 2.23. The van der Waals surface area contributed by atoms with Crippen molar-refractivity contribution in [3.8, 4) is 5.75 Å². The number of amidine groups is 1. The number of hydrogen-bond acceptors (Lipinski definition) is 7. The van der Waals surface area contributed by atoms with Crippen molar-refractivity contribution in [2.24, 2.45) is 16.5 Å². The maximum Gasteiger partial charge on any atom is 0.266 e. The summed E-state index contributed by atoms with van der Waals surface area (Å²) in [6.07, 6.45) is -0.906. The zero-order valence-corrected chi connectivity index (χ0v) is 14.5. The summed E-state index contributed by atoms with van der Waals surface area (Å²) in [5.41, 5.74) is 10.3. The number of amides is 1. The average Bonchev–Trinajstić information content (AvgIpc) is 2.59. The fourth-order valence-corrected chi connectivity index (χ4v) is 2.66. The quantitative estimate of drug-likeness (QED) is 0.175. The van der Waals surface area contributed by atoms with Crippen LogP contribution in [-0.4, -0.2) is 63.3 Å². The Morgan fingerprint density at radius 3 is 2.54 bits per heavy atom. The topological polar surface area (TPSA) is 176 Å². The monoisotopic (exact) mass is 381 g/mol. The number of aliphatic imine (C=N–C) groups is 1. The predicted octanol–water partition coefficient (Wildman–Crippen LogP) is -0.415. The Kier molecular flexibility index (Phi) is 6.14. The van der Waals surface area contributed by atoms with Gasteiger partial charge in [0.1, 0.15) is 23.5 Å². The molecule has 0 saturated carbocycles. The molecule has 1 aliphatic heterocycles. The second kappa shape index (κ2) is 8.13. The normalized spacial score (nSPS) is 19.9. The van der Waals surface area contributed by atoms with E-state index in [1.165, 1.54) is 17.0 Å². The molecule has 0 saturated heterocycles. The zero-order chi connectivity index (χ0) is 19.4. The van der Waals surface area contributed by atoms with Crippen LogP contribution in [0.3, 0.4) is 0 Å². The number of anilines is 1. The van der Waals surface area contributed by atoms with Crippen LogP contribution >= 0.6 is 11.6 Å². The molecule has 2 unspecified atom stereocenters. The van der Waals surface area contributed by atoms with Gasteiger partial charge in [-0.25, -0.2) is 0 Å². The number of guanidine groups is 1. The van der Waals surface area contributed by atoms with Gasteiger partial charge >= 0.3 is 0 Å². The summed E-state index contributed by atoms with van der Waals surface area (Å²) in [6, 6.07) is 6.02. The molecule has 0 fully saturated rings. The largest absolute Gasteiger partial charge is 0.508 e. The summed E-state index contributed by atoms with van der Waals surface area (Å²) in [5.74, 6) is -1.35. The average molecular weight is 382 g/mol. The van der Waals surface area contributed by atoms with E-state index in [4.69, 9.17) is 39.0 Å². The summed E-state index contributed by atoms with van der Waals surface area (Å²) in [6.45, 7) is 0.115. The Morgan fingerprint density at radius 2 is 2.00 bits per heavy atom. The minimum Gasteiger partial charge on any atom is -0.508 e. The molecule has 0 aromatic heterocycles. The molecule has 2 atom stereocenters. The lowest BCUT2D eigenvalue weighted by atomic mass is 10.2. The third kappa shape index (κ3) is 3.93. The van der Waals surface area contributed by atoms with E-state index in [2.05, 4.69) is 4.99 Å². The Balaban J connectivity index is 2.40. The number of rotatable bonds is 5. The van der Waals surface area contributed by atoms with Gasteiger partial charge in [0, 0.05) is 18.8 Å². The van der Waals surface area contributed by atoms with E-state index in [0.29, 0.717) is 12.1 Å². The smallest absolute Gasteiger partial charge is 0.266 e. The first kappa shape index (κ1) is 19.6. The number of alkyl halides is 1. The molecule has 26 heavy (non-hydrogen) atoms. The fourth-order valence-electron chi connectivity index (χ4n) is 2.45. The van der Waals surface area contributed by atoms with Gasteiger partial charge in [-0.05, 0) is 30.7 Å². The minimum atomic E-state index is -1.24. The van der Waals surface area contributed by atoms with Gasteiger partial charge in [0.05, 0.1) is 0 Å². The van der Waals surface area contributed by atoms with Crippen molar-refractivity contribution in [1.29, 1.82) is 10.8 Å². The first-order valence-corrected chi connectivity index (χ1v) is 8.12.